The van der Waals surface area contributed by atoms with Crippen LogP contribution in [0, 0.1) is 0 Å². The van der Waals surface area contributed by atoms with Crippen LogP contribution in [0.2, 0.25) is 0 Å². The van der Waals surface area contributed by atoms with Gasteiger partial charge in [0.15, 0.2) is 0 Å². The average Bonchev–Trinajstić information content (AvgIpc) is 2.47. The predicted molar refractivity (Wildman–Crippen MR) is 85.5 cm³/mol. The minimum atomic E-state index is -3.61. The van der Waals surface area contributed by atoms with Gasteiger partial charge in [-0.15, -0.1) is 0 Å². The molecule has 0 aromatic rings. The summed E-state index contributed by atoms with van der Waals surface area (Å²) in [5, 5.41) is 0. The molecule has 0 aromatic carbocycles. The first kappa shape index (κ1) is 20.9. The Morgan fingerprint density at radius 2 is 1.19 bits per heavy atom. The fourth-order valence-corrected chi connectivity index (χ4v) is 2.36. The molecule has 0 aliphatic carbocycles. The number of hydrogen-bond acceptors (Lipinski definition) is 7. The van der Waals surface area contributed by atoms with Crippen molar-refractivity contribution in [1.29, 1.82) is 0 Å². The van der Waals surface area contributed by atoms with Gasteiger partial charge >= 0.3 is 7.75 Å². The van der Waals surface area contributed by atoms with E-state index in [1.807, 2.05) is 0 Å². The van der Waals surface area contributed by atoms with Crippen molar-refractivity contribution < 1.29 is 13.8 Å². The van der Waals surface area contributed by atoms with Crippen LogP contribution in [-0.4, -0.2) is 62.2 Å². The van der Waals surface area contributed by atoms with Gasteiger partial charge in [-0.1, -0.05) is 27.7 Å². The summed E-state index contributed by atoms with van der Waals surface area (Å²) >= 11 is 0. The zero-order chi connectivity index (χ0) is 16.1. The first-order valence-electron chi connectivity index (χ1n) is 7.65. The van der Waals surface area contributed by atoms with Crippen LogP contribution < -0.4 is 16.5 Å². The largest absolute Gasteiger partial charge is 0.435 e. The van der Waals surface area contributed by atoms with E-state index in [0.717, 1.165) is 39.3 Å². The SMILES string of the molecule is CCN(CC)CCNOP(N)(=O)ONCCN(CC)CC. The van der Waals surface area contributed by atoms with Crippen molar-refractivity contribution in [2.24, 2.45) is 5.50 Å². The Morgan fingerprint density at radius 3 is 1.48 bits per heavy atom. The summed E-state index contributed by atoms with van der Waals surface area (Å²) in [6.07, 6.45) is 0. The van der Waals surface area contributed by atoms with Crippen LogP contribution in [0.3, 0.4) is 0 Å². The van der Waals surface area contributed by atoms with Crippen LogP contribution in [0.5, 0.6) is 0 Å². The monoisotopic (exact) mass is 325 g/mol. The number of nitrogens with two attached hydrogens (primary N) is 1. The molecule has 0 unspecified atom stereocenters. The summed E-state index contributed by atoms with van der Waals surface area (Å²) in [6.45, 7) is 14.8. The Kier molecular flexibility index (Phi) is 12.5. The van der Waals surface area contributed by atoms with E-state index in [0.29, 0.717) is 13.1 Å². The third kappa shape index (κ3) is 11.2. The van der Waals surface area contributed by atoms with Gasteiger partial charge in [-0.2, -0.15) is 11.0 Å². The molecule has 128 valence electrons. The van der Waals surface area contributed by atoms with Crippen molar-refractivity contribution in [2.45, 2.75) is 27.7 Å². The highest BCUT2D eigenvalue weighted by molar-refractivity contribution is 7.51. The minimum Gasteiger partial charge on any atom is -0.303 e. The van der Waals surface area contributed by atoms with Gasteiger partial charge in [0.05, 0.1) is 0 Å². The fraction of sp³-hybridized carbons (Fsp3) is 1.00. The van der Waals surface area contributed by atoms with Crippen LogP contribution in [-0.2, 0) is 13.8 Å². The number of hydroxylamine groups is 2. The van der Waals surface area contributed by atoms with Gasteiger partial charge in [0.25, 0.3) is 0 Å². The van der Waals surface area contributed by atoms with E-state index in [-0.39, 0.29) is 0 Å². The highest BCUT2D eigenvalue weighted by Crippen LogP contribution is 2.35. The molecule has 0 rings (SSSR count). The lowest BCUT2D eigenvalue weighted by Gasteiger charge is -2.20. The molecular formula is C12H32N5O3P. The van der Waals surface area contributed by atoms with E-state index in [9.17, 15) is 4.57 Å². The van der Waals surface area contributed by atoms with Crippen LogP contribution in [0.1, 0.15) is 27.7 Å². The highest BCUT2D eigenvalue weighted by Gasteiger charge is 2.18. The third-order valence-electron chi connectivity index (χ3n) is 3.23. The van der Waals surface area contributed by atoms with Crippen molar-refractivity contribution in [2.75, 3.05) is 52.4 Å². The molecule has 0 aliphatic rings. The van der Waals surface area contributed by atoms with E-state index in [4.69, 9.17) is 14.8 Å². The quantitative estimate of drug-likeness (QED) is 0.245. The Bertz CT molecular complexity index is 264. The Morgan fingerprint density at radius 1 is 0.857 bits per heavy atom. The van der Waals surface area contributed by atoms with Crippen LogP contribution in [0.15, 0.2) is 0 Å². The average molecular weight is 325 g/mol. The Hall–Kier alpha value is -0.0500. The molecular weight excluding hydrogens is 293 g/mol. The van der Waals surface area contributed by atoms with Crippen molar-refractivity contribution in [3.63, 3.8) is 0 Å². The second-order valence-electron chi connectivity index (χ2n) is 4.56. The van der Waals surface area contributed by atoms with Gasteiger partial charge in [-0.25, -0.2) is 19.3 Å². The molecule has 0 aromatic heterocycles. The first-order chi connectivity index (χ1) is 9.99. The van der Waals surface area contributed by atoms with Crippen LogP contribution in [0.4, 0.5) is 0 Å². The zero-order valence-corrected chi connectivity index (χ0v) is 14.7. The van der Waals surface area contributed by atoms with Gasteiger partial charge in [-0.3, -0.25) is 0 Å². The molecule has 0 bridgehead atoms. The maximum atomic E-state index is 11.8. The van der Waals surface area contributed by atoms with Crippen LogP contribution >= 0.6 is 7.75 Å². The molecule has 0 fully saturated rings. The summed E-state index contributed by atoms with van der Waals surface area (Å²) in [5.41, 5.74) is 10.6. The predicted octanol–water partition coefficient (Wildman–Crippen LogP) is 0.779. The molecule has 0 aliphatic heterocycles. The lowest BCUT2D eigenvalue weighted by Crippen LogP contribution is -2.34. The van der Waals surface area contributed by atoms with Gasteiger partial charge in [-0.05, 0) is 26.2 Å². The number of likely N-dealkylation sites (N-methyl/N-ethyl adjacent to an activating group) is 2. The van der Waals surface area contributed by atoms with Gasteiger partial charge < -0.3 is 9.80 Å². The molecule has 21 heavy (non-hydrogen) atoms. The summed E-state index contributed by atoms with van der Waals surface area (Å²) in [4.78, 5) is 4.42. The number of nitrogens with one attached hydrogen (secondary N) is 2. The number of rotatable bonds is 14. The molecule has 4 N–H and O–H groups in total. The van der Waals surface area contributed by atoms with E-state index >= 15 is 0 Å². The topological polar surface area (TPSA) is 92.1 Å². The normalized spacial score (nSPS) is 12.5. The number of hydrogen-bond donors (Lipinski definition) is 3. The van der Waals surface area contributed by atoms with Crippen molar-refractivity contribution in [3.05, 3.63) is 0 Å². The first-order valence-corrected chi connectivity index (χ1v) is 9.26. The van der Waals surface area contributed by atoms with E-state index in [1.165, 1.54) is 0 Å². The highest BCUT2D eigenvalue weighted by atomic mass is 31.2. The molecule has 9 heteroatoms. The molecule has 0 atom stereocenters. The summed E-state index contributed by atoms with van der Waals surface area (Å²) in [7, 11) is -3.61. The lowest BCUT2D eigenvalue weighted by atomic mass is 10.5. The molecule has 8 nitrogen and oxygen atoms in total. The molecule has 0 saturated heterocycles. The summed E-state index contributed by atoms with van der Waals surface area (Å²) in [6, 6.07) is 0. The molecule has 0 radical (unpaired) electrons. The maximum Gasteiger partial charge on any atom is 0.435 e. The second kappa shape index (κ2) is 12.5. The standard InChI is InChI=1S/C12H32N5O3P/c1-5-16(6-2)11-9-14-19-21(13,18)20-15-10-12-17(7-3)8-4/h14-15H,5-12H2,1-4H3,(H2,13,18). The van der Waals surface area contributed by atoms with Crippen LogP contribution in [0.25, 0.3) is 0 Å². The molecule has 0 saturated carbocycles. The Labute approximate surface area is 128 Å². The summed E-state index contributed by atoms with van der Waals surface area (Å²) in [5.74, 6) is 0. The minimum absolute atomic E-state index is 0.533. The smallest absolute Gasteiger partial charge is 0.303 e. The fourth-order valence-electron chi connectivity index (χ4n) is 1.78. The lowest BCUT2D eigenvalue weighted by molar-refractivity contribution is 0.0919. The van der Waals surface area contributed by atoms with Crippen molar-refractivity contribution in [3.8, 4) is 0 Å². The number of nitrogens with zero attached hydrogens (tertiary/aromatic N) is 2. The van der Waals surface area contributed by atoms with Crippen molar-refractivity contribution in [1.82, 2.24) is 20.8 Å². The molecule has 0 spiro atoms. The van der Waals surface area contributed by atoms with Gasteiger partial charge in [0.1, 0.15) is 0 Å². The van der Waals surface area contributed by atoms with Gasteiger partial charge in [0, 0.05) is 26.2 Å². The van der Waals surface area contributed by atoms with Crippen molar-refractivity contribution >= 4 is 7.75 Å². The van der Waals surface area contributed by atoms with E-state index in [1.54, 1.807) is 0 Å². The molecule has 0 amide bonds. The summed E-state index contributed by atoms with van der Waals surface area (Å²) < 4.78 is 21.5. The van der Waals surface area contributed by atoms with E-state index < -0.39 is 7.75 Å². The maximum absolute atomic E-state index is 11.8. The Balaban J connectivity index is 3.71. The molecule has 0 heterocycles. The van der Waals surface area contributed by atoms with E-state index in [2.05, 4.69) is 48.5 Å². The van der Waals surface area contributed by atoms with Gasteiger partial charge in [0.2, 0.25) is 0 Å². The second-order valence-corrected chi connectivity index (χ2v) is 6.01. The third-order valence-corrected chi connectivity index (χ3v) is 4.00. The zero-order valence-electron chi connectivity index (χ0n) is 13.8.